The van der Waals surface area contributed by atoms with Crippen molar-refractivity contribution in [2.45, 2.75) is 44.9 Å². The largest absolute Gasteiger partial charge is 0.345 e. The monoisotopic (exact) mass is 325 g/mol. The number of halogens is 1. The van der Waals surface area contributed by atoms with Crippen LogP contribution in [-0.4, -0.2) is 37.2 Å². The molecule has 2 heterocycles. The van der Waals surface area contributed by atoms with Crippen LogP contribution in [0, 0.1) is 5.92 Å². The van der Waals surface area contributed by atoms with Crippen LogP contribution in [0.2, 0.25) is 0 Å². The Morgan fingerprint density at radius 3 is 2.77 bits per heavy atom. The van der Waals surface area contributed by atoms with Crippen molar-refractivity contribution in [3.63, 3.8) is 0 Å². The number of nitrogens with zero attached hydrogens (tertiary/aromatic N) is 1. The molecule has 0 saturated carbocycles. The van der Waals surface area contributed by atoms with Crippen molar-refractivity contribution in [3.05, 3.63) is 35.9 Å². The van der Waals surface area contributed by atoms with Gasteiger partial charge in [-0.1, -0.05) is 50.6 Å². The highest BCUT2D eigenvalue weighted by atomic mass is 35.5. The second-order valence-electron chi connectivity index (χ2n) is 6.75. The molecule has 0 spiro atoms. The molecule has 2 atom stereocenters. The van der Waals surface area contributed by atoms with Gasteiger partial charge in [0.1, 0.15) is 0 Å². The first kappa shape index (κ1) is 17.7. The van der Waals surface area contributed by atoms with Crippen LogP contribution in [0.15, 0.2) is 30.3 Å². The smallest absolute Gasteiger partial charge is 0.208 e. The maximum absolute atomic E-state index is 6.31. The number of rotatable bonds is 4. The summed E-state index contributed by atoms with van der Waals surface area (Å²) in [4.78, 5) is 2.57. The van der Waals surface area contributed by atoms with Gasteiger partial charge in [0.15, 0.2) is 0 Å². The fraction of sp³-hybridized carbons (Fsp3) is 0.667. The van der Waals surface area contributed by atoms with Gasteiger partial charge < -0.3 is 9.47 Å². The second-order valence-corrected chi connectivity index (χ2v) is 6.75. The van der Waals surface area contributed by atoms with E-state index in [1.54, 1.807) is 0 Å². The van der Waals surface area contributed by atoms with Crippen molar-refractivity contribution in [3.8, 4) is 0 Å². The van der Waals surface area contributed by atoms with Crippen LogP contribution in [0.1, 0.15) is 38.7 Å². The second kappa shape index (κ2) is 7.78. The van der Waals surface area contributed by atoms with Crippen LogP contribution in [-0.2, 0) is 15.3 Å². The third-order valence-corrected chi connectivity index (χ3v) is 4.53. The zero-order valence-electron chi connectivity index (χ0n) is 13.7. The van der Waals surface area contributed by atoms with E-state index in [-0.39, 0.29) is 12.4 Å². The molecule has 0 bridgehead atoms. The first-order chi connectivity index (χ1) is 10.2. The standard InChI is InChI=1S/C18H27NO2.ClH/c1-15(2)12-20-18(16-8-4-3-5-9-16)14-19-11-7-6-10-17(19)13-21-18;/h3-5,8-9,15,17H,6-7,10-14H2,1-2H3;1H. The molecule has 1 aromatic rings. The fourth-order valence-corrected chi connectivity index (χ4v) is 3.34. The number of piperidine rings is 1. The van der Waals surface area contributed by atoms with Crippen LogP contribution in [0.5, 0.6) is 0 Å². The average molecular weight is 326 g/mol. The molecule has 22 heavy (non-hydrogen) atoms. The Hall–Kier alpha value is -0.610. The van der Waals surface area contributed by atoms with Gasteiger partial charge in [-0.05, 0) is 25.3 Å². The van der Waals surface area contributed by atoms with Gasteiger partial charge in [-0.25, -0.2) is 0 Å². The van der Waals surface area contributed by atoms with Gasteiger partial charge in [0.25, 0.3) is 0 Å². The predicted molar refractivity (Wildman–Crippen MR) is 91.3 cm³/mol. The zero-order valence-corrected chi connectivity index (χ0v) is 14.5. The summed E-state index contributed by atoms with van der Waals surface area (Å²) in [5, 5.41) is 0. The summed E-state index contributed by atoms with van der Waals surface area (Å²) in [5.74, 6) is -0.0763. The number of hydrogen-bond acceptors (Lipinski definition) is 3. The SMILES string of the molecule is CC(C)COC1(c2ccccc2)CN2CCCCC2CO1.Cl. The number of ether oxygens (including phenoxy) is 2. The molecule has 2 saturated heterocycles. The lowest BCUT2D eigenvalue weighted by Gasteiger charge is -2.48. The molecular formula is C18H28ClNO2. The van der Waals surface area contributed by atoms with E-state index < -0.39 is 5.79 Å². The Morgan fingerprint density at radius 1 is 1.27 bits per heavy atom. The minimum absolute atomic E-state index is 0. The summed E-state index contributed by atoms with van der Waals surface area (Å²) in [5.41, 5.74) is 1.15. The molecule has 3 nitrogen and oxygen atoms in total. The van der Waals surface area contributed by atoms with Gasteiger partial charge in [-0.3, -0.25) is 4.90 Å². The third kappa shape index (κ3) is 3.83. The van der Waals surface area contributed by atoms with Crippen LogP contribution >= 0.6 is 12.4 Å². The van der Waals surface area contributed by atoms with Gasteiger partial charge in [-0.15, -0.1) is 12.4 Å². The number of hydrogen-bond donors (Lipinski definition) is 0. The Bertz CT molecular complexity index is 454. The molecule has 0 radical (unpaired) electrons. The summed E-state index contributed by atoms with van der Waals surface area (Å²) in [7, 11) is 0. The molecular weight excluding hydrogens is 298 g/mol. The highest BCUT2D eigenvalue weighted by Gasteiger charge is 2.43. The molecule has 0 N–H and O–H groups in total. The Labute approximate surface area is 140 Å². The van der Waals surface area contributed by atoms with E-state index >= 15 is 0 Å². The first-order valence-corrected chi connectivity index (χ1v) is 8.27. The lowest BCUT2D eigenvalue weighted by Crippen LogP contribution is -2.57. The van der Waals surface area contributed by atoms with Crippen LogP contribution < -0.4 is 0 Å². The molecule has 2 unspecified atom stereocenters. The molecule has 0 aliphatic carbocycles. The van der Waals surface area contributed by atoms with E-state index in [1.807, 2.05) is 6.07 Å². The van der Waals surface area contributed by atoms with E-state index in [2.05, 4.69) is 43.0 Å². The lowest BCUT2D eigenvalue weighted by atomic mass is 9.96. The van der Waals surface area contributed by atoms with E-state index in [9.17, 15) is 0 Å². The van der Waals surface area contributed by atoms with Crippen molar-refractivity contribution >= 4 is 12.4 Å². The van der Waals surface area contributed by atoms with Gasteiger partial charge in [0.2, 0.25) is 5.79 Å². The average Bonchev–Trinajstić information content (AvgIpc) is 2.53. The van der Waals surface area contributed by atoms with Crippen LogP contribution in [0.4, 0.5) is 0 Å². The van der Waals surface area contributed by atoms with Crippen molar-refractivity contribution in [2.24, 2.45) is 5.92 Å². The molecule has 2 aliphatic rings. The Morgan fingerprint density at radius 2 is 2.05 bits per heavy atom. The molecule has 1 aromatic carbocycles. The third-order valence-electron chi connectivity index (χ3n) is 4.53. The van der Waals surface area contributed by atoms with E-state index in [4.69, 9.17) is 9.47 Å². The highest BCUT2D eigenvalue weighted by Crippen LogP contribution is 2.36. The molecule has 4 heteroatoms. The van der Waals surface area contributed by atoms with Gasteiger partial charge >= 0.3 is 0 Å². The summed E-state index contributed by atoms with van der Waals surface area (Å²) in [6.07, 6.45) is 3.89. The lowest BCUT2D eigenvalue weighted by molar-refractivity contribution is -0.293. The molecule has 3 rings (SSSR count). The van der Waals surface area contributed by atoms with Gasteiger partial charge in [0.05, 0.1) is 19.8 Å². The number of benzene rings is 1. The maximum atomic E-state index is 6.31. The van der Waals surface area contributed by atoms with Gasteiger partial charge in [-0.2, -0.15) is 0 Å². The summed E-state index contributed by atoms with van der Waals surface area (Å²) < 4.78 is 12.6. The summed E-state index contributed by atoms with van der Waals surface area (Å²) in [6.45, 7) is 7.92. The Balaban J connectivity index is 0.00000176. The zero-order chi connectivity index (χ0) is 14.7. The molecule has 0 aromatic heterocycles. The highest BCUT2D eigenvalue weighted by molar-refractivity contribution is 5.85. The fourth-order valence-electron chi connectivity index (χ4n) is 3.34. The van der Waals surface area contributed by atoms with Crippen molar-refractivity contribution in [2.75, 3.05) is 26.3 Å². The van der Waals surface area contributed by atoms with Crippen molar-refractivity contribution < 1.29 is 9.47 Å². The predicted octanol–water partition coefficient (Wildman–Crippen LogP) is 3.82. The molecule has 124 valence electrons. The van der Waals surface area contributed by atoms with Crippen LogP contribution in [0.25, 0.3) is 0 Å². The van der Waals surface area contributed by atoms with E-state index in [0.717, 1.165) is 25.3 Å². The topological polar surface area (TPSA) is 21.7 Å². The molecule has 0 amide bonds. The van der Waals surface area contributed by atoms with Crippen molar-refractivity contribution in [1.29, 1.82) is 0 Å². The molecule has 2 aliphatic heterocycles. The number of morpholine rings is 1. The minimum Gasteiger partial charge on any atom is -0.345 e. The quantitative estimate of drug-likeness (QED) is 0.840. The maximum Gasteiger partial charge on any atom is 0.208 e. The summed E-state index contributed by atoms with van der Waals surface area (Å²) >= 11 is 0. The molecule has 2 fully saturated rings. The van der Waals surface area contributed by atoms with E-state index in [0.29, 0.717) is 12.0 Å². The normalized spacial score (nSPS) is 29.0. The summed E-state index contributed by atoms with van der Waals surface area (Å²) in [6, 6.07) is 11.0. The Kier molecular flexibility index (Phi) is 6.27. The van der Waals surface area contributed by atoms with Crippen molar-refractivity contribution in [1.82, 2.24) is 4.90 Å². The first-order valence-electron chi connectivity index (χ1n) is 8.27. The number of fused-ring (bicyclic) bond motifs is 1. The van der Waals surface area contributed by atoms with E-state index in [1.165, 1.54) is 25.8 Å². The van der Waals surface area contributed by atoms with Gasteiger partial charge in [0, 0.05) is 11.6 Å². The van der Waals surface area contributed by atoms with Crippen LogP contribution in [0.3, 0.4) is 0 Å². The minimum atomic E-state index is -0.584.